The Morgan fingerprint density at radius 2 is 2.06 bits per heavy atom. The number of benzene rings is 1. The summed E-state index contributed by atoms with van der Waals surface area (Å²) in [4.78, 5) is 0. The van der Waals surface area contributed by atoms with Crippen LogP contribution in [0, 0.1) is 5.92 Å². The predicted molar refractivity (Wildman–Crippen MR) is 71.2 cm³/mol. The Bertz CT molecular complexity index is 367. The zero-order valence-electron chi connectivity index (χ0n) is 10.9. The summed E-state index contributed by atoms with van der Waals surface area (Å²) in [5.74, 6) is 1.02. The van der Waals surface area contributed by atoms with Crippen molar-refractivity contribution in [1.82, 2.24) is 5.32 Å². The topological polar surface area (TPSA) is 32.3 Å². The van der Waals surface area contributed by atoms with E-state index >= 15 is 0 Å². The minimum absolute atomic E-state index is 0.164. The quantitative estimate of drug-likeness (QED) is 0.841. The molecule has 1 aromatic carbocycles. The Balaban J connectivity index is 2.21. The molecule has 1 unspecified atom stereocenters. The highest BCUT2D eigenvalue weighted by atomic mass is 16.3. The third-order valence-electron chi connectivity index (χ3n) is 4.13. The van der Waals surface area contributed by atoms with Gasteiger partial charge in [-0.1, -0.05) is 38.5 Å². The summed E-state index contributed by atoms with van der Waals surface area (Å²) in [7, 11) is 0. The molecule has 1 aliphatic rings. The van der Waals surface area contributed by atoms with E-state index in [1.54, 1.807) is 6.07 Å². The molecule has 1 heterocycles. The fraction of sp³-hybridized carbons (Fsp3) is 0.600. The fourth-order valence-corrected chi connectivity index (χ4v) is 2.84. The Hall–Kier alpha value is -1.02. The zero-order chi connectivity index (χ0) is 12.3. The van der Waals surface area contributed by atoms with Gasteiger partial charge >= 0.3 is 0 Å². The summed E-state index contributed by atoms with van der Waals surface area (Å²) >= 11 is 0. The molecule has 17 heavy (non-hydrogen) atoms. The first-order valence-electron chi connectivity index (χ1n) is 6.66. The summed E-state index contributed by atoms with van der Waals surface area (Å²) in [6.07, 6.45) is 4.70. The van der Waals surface area contributed by atoms with E-state index in [0.717, 1.165) is 18.5 Å². The van der Waals surface area contributed by atoms with E-state index in [2.05, 4.69) is 19.2 Å². The van der Waals surface area contributed by atoms with Gasteiger partial charge in [-0.2, -0.15) is 0 Å². The summed E-state index contributed by atoms with van der Waals surface area (Å²) in [6, 6.07) is 7.71. The number of rotatable bonds is 3. The Morgan fingerprint density at radius 1 is 1.29 bits per heavy atom. The smallest absolute Gasteiger partial charge is 0.118 e. The standard InChI is InChI=1S/C15H23NO/c1-12(2)15(9-5-6-10-16-15)11-13-7-3-4-8-14(13)17/h3-4,7-8,12,16-17H,5-6,9-11H2,1-2H3. The molecule has 2 N–H and O–H groups in total. The van der Waals surface area contributed by atoms with E-state index in [1.807, 2.05) is 18.2 Å². The summed E-state index contributed by atoms with van der Waals surface area (Å²) in [5.41, 5.74) is 1.23. The van der Waals surface area contributed by atoms with Gasteiger partial charge in [-0.3, -0.25) is 0 Å². The van der Waals surface area contributed by atoms with Gasteiger partial charge in [-0.05, 0) is 43.4 Å². The van der Waals surface area contributed by atoms with Gasteiger partial charge in [-0.25, -0.2) is 0 Å². The normalized spacial score (nSPS) is 25.1. The van der Waals surface area contributed by atoms with Crippen molar-refractivity contribution in [2.75, 3.05) is 6.54 Å². The number of piperidine rings is 1. The van der Waals surface area contributed by atoms with Crippen molar-refractivity contribution in [1.29, 1.82) is 0 Å². The molecule has 1 aliphatic heterocycles. The summed E-state index contributed by atoms with van der Waals surface area (Å²) in [5, 5.41) is 13.6. The molecule has 0 aromatic heterocycles. The summed E-state index contributed by atoms with van der Waals surface area (Å²) < 4.78 is 0. The Kier molecular flexibility index (Phi) is 3.72. The Morgan fingerprint density at radius 3 is 2.65 bits per heavy atom. The number of para-hydroxylation sites is 1. The molecule has 0 aliphatic carbocycles. The molecule has 0 bridgehead atoms. The van der Waals surface area contributed by atoms with Gasteiger partial charge in [0.25, 0.3) is 0 Å². The molecule has 0 radical (unpaired) electrons. The molecule has 2 rings (SSSR count). The number of hydrogen-bond donors (Lipinski definition) is 2. The van der Waals surface area contributed by atoms with Crippen molar-refractivity contribution in [2.24, 2.45) is 5.92 Å². The van der Waals surface area contributed by atoms with E-state index in [9.17, 15) is 5.11 Å². The second-order valence-electron chi connectivity index (χ2n) is 5.50. The number of hydrogen-bond acceptors (Lipinski definition) is 2. The molecule has 1 saturated heterocycles. The van der Waals surface area contributed by atoms with Crippen LogP contribution >= 0.6 is 0 Å². The molecule has 0 amide bonds. The molecular formula is C15H23NO. The molecule has 94 valence electrons. The lowest BCUT2D eigenvalue weighted by molar-refractivity contribution is 0.181. The monoisotopic (exact) mass is 233 g/mol. The van der Waals surface area contributed by atoms with Crippen molar-refractivity contribution >= 4 is 0 Å². The van der Waals surface area contributed by atoms with Gasteiger partial charge in [0.2, 0.25) is 0 Å². The maximum absolute atomic E-state index is 9.91. The van der Waals surface area contributed by atoms with E-state index in [-0.39, 0.29) is 5.54 Å². The number of aromatic hydroxyl groups is 1. The van der Waals surface area contributed by atoms with E-state index in [4.69, 9.17) is 0 Å². The zero-order valence-corrected chi connectivity index (χ0v) is 10.9. The molecular weight excluding hydrogens is 210 g/mol. The summed E-state index contributed by atoms with van der Waals surface area (Å²) in [6.45, 7) is 5.66. The van der Waals surface area contributed by atoms with Crippen molar-refractivity contribution in [3.63, 3.8) is 0 Å². The molecule has 0 spiro atoms. The number of phenols is 1. The van der Waals surface area contributed by atoms with Gasteiger partial charge in [0.1, 0.15) is 5.75 Å². The van der Waals surface area contributed by atoms with Crippen LogP contribution in [-0.4, -0.2) is 17.2 Å². The van der Waals surface area contributed by atoms with Crippen molar-refractivity contribution < 1.29 is 5.11 Å². The van der Waals surface area contributed by atoms with Crippen LogP contribution in [0.2, 0.25) is 0 Å². The second kappa shape index (κ2) is 5.09. The third-order valence-corrected chi connectivity index (χ3v) is 4.13. The van der Waals surface area contributed by atoms with Gasteiger partial charge < -0.3 is 10.4 Å². The van der Waals surface area contributed by atoms with Crippen LogP contribution in [0.1, 0.15) is 38.7 Å². The molecule has 2 heteroatoms. The van der Waals surface area contributed by atoms with Crippen LogP contribution in [-0.2, 0) is 6.42 Å². The second-order valence-corrected chi connectivity index (χ2v) is 5.50. The first kappa shape index (κ1) is 12.4. The van der Waals surface area contributed by atoms with Crippen molar-refractivity contribution in [3.8, 4) is 5.75 Å². The van der Waals surface area contributed by atoms with Crippen LogP contribution in [0.5, 0.6) is 5.75 Å². The first-order chi connectivity index (χ1) is 8.14. The molecule has 1 fully saturated rings. The minimum Gasteiger partial charge on any atom is -0.508 e. The van der Waals surface area contributed by atoms with Crippen LogP contribution in [0.25, 0.3) is 0 Å². The van der Waals surface area contributed by atoms with Crippen LogP contribution in [0.4, 0.5) is 0 Å². The van der Waals surface area contributed by atoms with Gasteiger partial charge in [0.05, 0.1) is 0 Å². The predicted octanol–water partition coefficient (Wildman–Crippen LogP) is 3.10. The molecule has 1 aromatic rings. The van der Waals surface area contributed by atoms with Crippen molar-refractivity contribution in [2.45, 2.75) is 45.1 Å². The van der Waals surface area contributed by atoms with E-state index in [0.29, 0.717) is 11.7 Å². The minimum atomic E-state index is 0.164. The van der Waals surface area contributed by atoms with Crippen LogP contribution in [0.15, 0.2) is 24.3 Å². The lowest BCUT2D eigenvalue weighted by atomic mass is 9.75. The maximum Gasteiger partial charge on any atom is 0.118 e. The lowest BCUT2D eigenvalue weighted by Crippen LogP contribution is -2.54. The van der Waals surface area contributed by atoms with E-state index in [1.165, 1.54) is 19.3 Å². The highest BCUT2D eigenvalue weighted by Gasteiger charge is 2.35. The van der Waals surface area contributed by atoms with Gasteiger partial charge in [-0.15, -0.1) is 0 Å². The average Bonchev–Trinajstić information content (AvgIpc) is 2.33. The van der Waals surface area contributed by atoms with Gasteiger partial charge in [0.15, 0.2) is 0 Å². The molecule has 1 atom stereocenters. The van der Waals surface area contributed by atoms with Crippen LogP contribution in [0.3, 0.4) is 0 Å². The average molecular weight is 233 g/mol. The molecule has 0 saturated carbocycles. The fourth-order valence-electron chi connectivity index (χ4n) is 2.84. The van der Waals surface area contributed by atoms with E-state index < -0.39 is 0 Å². The third kappa shape index (κ3) is 2.63. The number of nitrogens with one attached hydrogen (secondary N) is 1. The van der Waals surface area contributed by atoms with Gasteiger partial charge in [0, 0.05) is 5.54 Å². The maximum atomic E-state index is 9.91. The van der Waals surface area contributed by atoms with Crippen molar-refractivity contribution in [3.05, 3.63) is 29.8 Å². The first-order valence-corrected chi connectivity index (χ1v) is 6.66. The van der Waals surface area contributed by atoms with Crippen LogP contribution < -0.4 is 5.32 Å². The number of phenolic OH excluding ortho intramolecular Hbond substituents is 1. The highest BCUT2D eigenvalue weighted by molar-refractivity contribution is 5.33. The highest BCUT2D eigenvalue weighted by Crippen LogP contribution is 2.33. The SMILES string of the molecule is CC(C)C1(Cc2ccccc2O)CCCCN1. The Labute approximate surface area is 104 Å². The molecule has 2 nitrogen and oxygen atoms in total. The largest absolute Gasteiger partial charge is 0.508 e. The lowest BCUT2D eigenvalue weighted by Gasteiger charge is -2.42.